The number of aryl methyl sites for hydroxylation is 1. The molecule has 2 rings (SSSR count). The van der Waals surface area contributed by atoms with Crippen molar-refractivity contribution in [1.82, 2.24) is 0 Å². The molecule has 0 saturated carbocycles. The average molecular weight is 294 g/mol. The molecule has 0 aromatic heterocycles. The molecule has 0 saturated heterocycles. The van der Waals surface area contributed by atoms with Crippen molar-refractivity contribution < 1.29 is 14.4 Å². The Balaban J connectivity index is 2.42. The van der Waals surface area contributed by atoms with Crippen LogP contribution in [0, 0.1) is 17.0 Å². The van der Waals surface area contributed by atoms with Gasteiger partial charge in [0.15, 0.2) is 11.5 Å². The maximum absolute atomic E-state index is 11.0. The summed E-state index contributed by atoms with van der Waals surface area (Å²) in [7, 11) is 1.51. The molecule has 104 valence electrons. The van der Waals surface area contributed by atoms with E-state index in [2.05, 4.69) is 0 Å². The zero-order valence-corrected chi connectivity index (χ0v) is 11.7. The van der Waals surface area contributed by atoms with E-state index in [1.165, 1.54) is 25.3 Å². The standard InChI is InChI=1S/C14H12ClNO4/c1-9-3-5-13(14(7-9)19-2)20-12-6-4-10(15)8-11(12)16(17)18/h3-8H,1-2H3. The third kappa shape index (κ3) is 3.00. The van der Waals surface area contributed by atoms with E-state index in [1.54, 1.807) is 12.1 Å². The first kappa shape index (κ1) is 14.1. The van der Waals surface area contributed by atoms with Crippen LogP contribution in [0.15, 0.2) is 36.4 Å². The van der Waals surface area contributed by atoms with Gasteiger partial charge in [0, 0.05) is 11.1 Å². The number of hydrogen-bond acceptors (Lipinski definition) is 4. The summed E-state index contributed by atoms with van der Waals surface area (Å²) in [6, 6.07) is 9.56. The second-order valence-corrected chi connectivity index (χ2v) is 4.56. The van der Waals surface area contributed by atoms with E-state index in [4.69, 9.17) is 21.1 Å². The van der Waals surface area contributed by atoms with Crippen molar-refractivity contribution in [1.29, 1.82) is 0 Å². The van der Waals surface area contributed by atoms with E-state index in [1.807, 2.05) is 13.0 Å². The molecule has 0 heterocycles. The molecule has 5 nitrogen and oxygen atoms in total. The van der Waals surface area contributed by atoms with Crippen LogP contribution in [0.25, 0.3) is 0 Å². The summed E-state index contributed by atoms with van der Waals surface area (Å²) in [5, 5.41) is 11.3. The van der Waals surface area contributed by atoms with Crippen LogP contribution in [0.5, 0.6) is 17.2 Å². The van der Waals surface area contributed by atoms with E-state index in [-0.39, 0.29) is 16.5 Å². The minimum absolute atomic E-state index is 0.113. The number of ether oxygens (including phenoxy) is 2. The second-order valence-electron chi connectivity index (χ2n) is 4.13. The number of nitrogens with zero attached hydrogens (tertiary/aromatic N) is 1. The molecule has 0 aliphatic rings. The van der Waals surface area contributed by atoms with Gasteiger partial charge in [0.1, 0.15) is 0 Å². The fraction of sp³-hybridized carbons (Fsp3) is 0.143. The molecule has 0 bridgehead atoms. The number of hydrogen-bond donors (Lipinski definition) is 0. The fourth-order valence-electron chi connectivity index (χ4n) is 1.70. The molecular weight excluding hydrogens is 282 g/mol. The maximum atomic E-state index is 11.0. The SMILES string of the molecule is COc1cc(C)ccc1Oc1ccc(Cl)cc1[N+](=O)[O-]. The molecule has 2 aromatic carbocycles. The first-order valence-electron chi connectivity index (χ1n) is 5.77. The third-order valence-electron chi connectivity index (χ3n) is 2.66. The van der Waals surface area contributed by atoms with Crippen LogP contribution in [0.2, 0.25) is 5.02 Å². The van der Waals surface area contributed by atoms with Gasteiger partial charge in [0.25, 0.3) is 0 Å². The molecule has 0 fully saturated rings. The van der Waals surface area contributed by atoms with E-state index in [0.29, 0.717) is 11.5 Å². The van der Waals surface area contributed by atoms with Crippen molar-refractivity contribution >= 4 is 17.3 Å². The zero-order chi connectivity index (χ0) is 14.7. The number of nitro groups is 1. The van der Waals surface area contributed by atoms with Gasteiger partial charge in [0.2, 0.25) is 5.75 Å². The van der Waals surface area contributed by atoms with Crippen LogP contribution in [-0.2, 0) is 0 Å². The van der Waals surface area contributed by atoms with Crippen LogP contribution >= 0.6 is 11.6 Å². The highest BCUT2D eigenvalue weighted by molar-refractivity contribution is 6.30. The molecule has 0 amide bonds. The van der Waals surface area contributed by atoms with Crippen molar-refractivity contribution in [2.24, 2.45) is 0 Å². The first-order chi connectivity index (χ1) is 9.51. The van der Waals surface area contributed by atoms with E-state index < -0.39 is 4.92 Å². The number of benzene rings is 2. The van der Waals surface area contributed by atoms with Crippen molar-refractivity contribution in [3.63, 3.8) is 0 Å². The van der Waals surface area contributed by atoms with Crippen molar-refractivity contribution in [2.75, 3.05) is 7.11 Å². The molecule has 0 spiro atoms. The summed E-state index contributed by atoms with van der Waals surface area (Å²) in [4.78, 5) is 10.5. The van der Waals surface area contributed by atoms with Crippen LogP contribution in [0.1, 0.15) is 5.56 Å². The number of nitro benzene ring substituents is 1. The minimum atomic E-state index is -0.540. The summed E-state index contributed by atoms with van der Waals surface area (Å²) < 4.78 is 10.8. The first-order valence-corrected chi connectivity index (χ1v) is 6.15. The molecule has 20 heavy (non-hydrogen) atoms. The second kappa shape index (κ2) is 5.79. The Morgan fingerprint density at radius 1 is 1.10 bits per heavy atom. The summed E-state index contributed by atoms with van der Waals surface area (Å²) in [6.07, 6.45) is 0. The topological polar surface area (TPSA) is 61.6 Å². The molecule has 2 aromatic rings. The molecule has 6 heteroatoms. The highest BCUT2D eigenvalue weighted by Gasteiger charge is 2.18. The van der Waals surface area contributed by atoms with Crippen LogP contribution < -0.4 is 9.47 Å². The smallest absolute Gasteiger partial charge is 0.313 e. The fourth-order valence-corrected chi connectivity index (χ4v) is 1.86. The van der Waals surface area contributed by atoms with Gasteiger partial charge in [-0.2, -0.15) is 0 Å². The highest BCUT2D eigenvalue weighted by Crippen LogP contribution is 2.37. The van der Waals surface area contributed by atoms with Gasteiger partial charge in [-0.3, -0.25) is 10.1 Å². The lowest BCUT2D eigenvalue weighted by atomic mass is 10.2. The molecule has 0 atom stereocenters. The predicted molar refractivity (Wildman–Crippen MR) is 75.9 cm³/mol. The summed E-state index contributed by atoms with van der Waals surface area (Å²) in [5.41, 5.74) is 0.805. The van der Waals surface area contributed by atoms with Gasteiger partial charge >= 0.3 is 5.69 Å². The van der Waals surface area contributed by atoms with Gasteiger partial charge in [-0.15, -0.1) is 0 Å². The predicted octanol–water partition coefficient (Wildman–Crippen LogP) is 4.36. The maximum Gasteiger partial charge on any atom is 0.313 e. The van der Waals surface area contributed by atoms with Gasteiger partial charge in [-0.05, 0) is 36.8 Å². The Morgan fingerprint density at radius 2 is 1.80 bits per heavy atom. The number of methoxy groups -OCH3 is 1. The Bertz CT molecular complexity index is 658. The zero-order valence-electron chi connectivity index (χ0n) is 10.9. The van der Waals surface area contributed by atoms with Gasteiger partial charge < -0.3 is 9.47 Å². The van der Waals surface area contributed by atoms with E-state index in [9.17, 15) is 10.1 Å². The van der Waals surface area contributed by atoms with Crippen molar-refractivity contribution in [2.45, 2.75) is 6.92 Å². The molecule has 0 radical (unpaired) electrons. The van der Waals surface area contributed by atoms with Crippen molar-refractivity contribution in [3.8, 4) is 17.2 Å². The van der Waals surface area contributed by atoms with Gasteiger partial charge in [0.05, 0.1) is 12.0 Å². The molecule has 0 aliphatic carbocycles. The van der Waals surface area contributed by atoms with Crippen LogP contribution in [-0.4, -0.2) is 12.0 Å². The largest absolute Gasteiger partial charge is 0.493 e. The lowest BCUT2D eigenvalue weighted by molar-refractivity contribution is -0.385. The van der Waals surface area contributed by atoms with Crippen LogP contribution in [0.4, 0.5) is 5.69 Å². The summed E-state index contributed by atoms with van der Waals surface area (Å²) >= 11 is 5.76. The number of rotatable bonds is 4. The molecular formula is C14H12ClNO4. The quantitative estimate of drug-likeness (QED) is 0.621. The summed E-state index contributed by atoms with van der Waals surface area (Å²) in [5.74, 6) is 1.03. The lowest BCUT2D eigenvalue weighted by Crippen LogP contribution is -1.95. The van der Waals surface area contributed by atoms with E-state index >= 15 is 0 Å². The Labute approximate surface area is 120 Å². The van der Waals surface area contributed by atoms with Crippen LogP contribution in [0.3, 0.4) is 0 Å². The highest BCUT2D eigenvalue weighted by atomic mass is 35.5. The number of halogens is 1. The average Bonchev–Trinajstić information content (AvgIpc) is 2.42. The van der Waals surface area contributed by atoms with Crippen molar-refractivity contribution in [3.05, 3.63) is 57.1 Å². The van der Waals surface area contributed by atoms with Gasteiger partial charge in [-0.25, -0.2) is 0 Å². The monoisotopic (exact) mass is 293 g/mol. The lowest BCUT2D eigenvalue weighted by Gasteiger charge is -2.11. The Hall–Kier alpha value is -2.27. The van der Waals surface area contributed by atoms with E-state index in [0.717, 1.165) is 5.56 Å². The summed E-state index contributed by atoms with van der Waals surface area (Å²) in [6.45, 7) is 1.91. The molecule has 0 N–H and O–H groups in total. The normalized spacial score (nSPS) is 10.2. The van der Waals surface area contributed by atoms with Gasteiger partial charge in [-0.1, -0.05) is 17.7 Å². The minimum Gasteiger partial charge on any atom is -0.493 e. The molecule has 0 aliphatic heterocycles. The Morgan fingerprint density at radius 3 is 2.45 bits per heavy atom. The Kier molecular flexibility index (Phi) is 4.10. The third-order valence-corrected chi connectivity index (χ3v) is 2.89. The molecule has 0 unspecified atom stereocenters.